The summed E-state index contributed by atoms with van der Waals surface area (Å²) in [5.74, 6) is -0.161. The van der Waals surface area contributed by atoms with E-state index < -0.39 is 5.54 Å². The summed E-state index contributed by atoms with van der Waals surface area (Å²) in [6.07, 6.45) is 4.83. The molecule has 1 aromatic rings. The zero-order valence-electron chi connectivity index (χ0n) is 9.59. The molecule has 0 amide bonds. The third-order valence-electron chi connectivity index (χ3n) is 3.52. The number of benzene rings is 1. The van der Waals surface area contributed by atoms with E-state index in [1.54, 1.807) is 6.92 Å². The van der Waals surface area contributed by atoms with Crippen molar-refractivity contribution < 1.29 is 9.50 Å². The number of halogens is 1. The zero-order chi connectivity index (χ0) is 11.8. The predicted molar refractivity (Wildman–Crippen MR) is 61.8 cm³/mol. The van der Waals surface area contributed by atoms with E-state index in [1.165, 1.54) is 18.6 Å². The highest BCUT2D eigenvalue weighted by molar-refractivity contribution is 5.38. The van der Waals surface area contributed by atoms with Gasteiger partial charge in [0.15, 0.2) is 0 Å². The van der Waals surface area contributed by atoms with Crippen LogP contribution < -0.4 is 5.73 Å². The van der Waals surface area contributed by atoms with Gasteiger partial charge in [0.05, 0.1) is 0 Å². The Labute approximate surface area is 95.3 Å². The second kappa shape index (κ2) is 4.06. The molecular formula is C13H18FNO. The van der Waals surface area contributed by atoms with Crippen LogP contribution in [-0.4, -0.2) is 5.11 Å². The second-order valence-electron chi connectivity index (χ2n) is 4.84. The fraction of sp³-hybridized carbons (Fsp3) is 0.538. The maximum atomic E-state index is 14.0. The first-order valence-corrected chi connectivity index (χ1v) is 5.81. The highest BCUT2D eigenvalue weighted by Crippen LogP contribution is 2.38. The van der Waals surface area contributed by atoms with Gasteiger partial charge in [-0.25, -0.2) is 4.39 Å². The van der Waals surface area contributed by atoms with E-state index >= 15 is 0 Å². The Bertz CT molecular complexity index is 397. The number of phenolic OH excluding ortho intramolecular Hbond substituents is 1. The molecule has 1 aliphatic rings. The molecule has 2 rings (SSSR count). The molecule has 0 saturated heterocycles. The van der Waals surface area contributed by atoms with Gasteiger partial charge >= 0.3 is 0 Å². The van der Waals surface area contributed by atoms with Crippen LogP contribution in [0.3, 0.4) is 0 Å². The minimum Gasteiger partial charge on any atom is -0.508 e. The minimum atomic E-state index is -0.591. The lowest BCUT2D eigenvalue weighted by Gasteiger charge is -2.34. The number of aromatic hydroxyl groups is 1. The van der Waals surface area contributed by atoms with Gasteiger partial charge in [0.1, 0.15) is 11.6 Å². The molecule has 0 aliphatic heterocycles. The van der Waals surface area contributed by atoms with Crippen molar-refractivity contribution in [3.05, 3.63) is 29.1 Å². The van der Waals surface area contributed by atoms with E-state index in [4.69, 9.17) is 5.73 Å². The molecule has 3 heteroatoms. The van der Waals surface area contributed by atoms with Crippen LogP contribution in [0.2, 0.25) is 0 Å². The number of hydrogen-bond donors (Lipinski definition) is 2. The molecule has 16 heavy (non-hydrogen) atoms. The van der Waals surface area contributed by atoms with Crippen molar-refractivity contribution in [2.45, 2.75) is 44.6 Å². The fourth-order valence-electron chi connectivity index (χ4n) is 2.56. The average molecular weight is 223 g/mol. The second-order valence-corrected chi connectivity index (χ2v) is 4.84. The lowest BCUT2D eigenvalue weighted by atomic mass is 9.77. The summed E-state index contributed by atoms with van der Waals surface area (Å²) in [5.41, 5.74) is 6.62. The van der Waals surface area contributed by atoms with Crippen LogP contribution in [0, 0.1) is 12.7 Å². The average Bonchev–Trinajstić information content (AvgIpc) is 2.24. The van der Waals surface area contributed by atoms with Crippen molar-refractivity contribution in [1.82, 2.24) is 0 Å². The molecule has 1 aliphatic carbocycles. The Morgan fingerprint density at radius 3 is 2.50 bits per heavy atom. The van der Waals surface area contributed by atoms with E-state index in [1.807, 2.05) is 0 Å². The fourth-order valence-corrected chi connectivity index (χ4v) is 2.56. The summed E-state index contributed by atoms with van der Waals surface area (Å²) >= 11 is 0. The van der Waals surface area contributed by atoms with Crippen LogP contribution in [0.4, 0.5) is 4.39 Å². The molecule has 1 saturated carbocycles. The van der Waals surface area contributed by atoms with Gasteiger partial charge in [-0.05, 0) is 37.5 Å². The van der Waals surface area contributed by atoms with Gasteiger partial charge in [-0.2, -0.15) is 0 Å². The van der Waals surface area contributed by atoms with Crippen LogP contribution >= 0.6 is 0 Å². The molecule has 0 bridgehead atoms. The van der Waals surface area contributed by atoms with Gasteiger partial charge in [-0.15, -0.1) is 0 Å². The monoisotopic (exact) mass is 223 g/mol. The number of aryl methyl sites for hydroxylation is 1. The van der Waals surface area contributed by atoms with Gasteiger partial charge in [-0.1, -0.05) is 19.3 Å². The molecule has 0 heterocycles. The first-order valence-electron chi connectivity index (χ1n) is 5.81. The topological polar surface area (TPSA) is 46.2 Å². The molecule has 0 spiro atoms. The van der Waals surface area contributed by atoms with Crippen LogP contribution in [0.25, 0.3) is 0 Å². The largest absolute Gasteiger partial charge is 0.508 e. The van der Waals surface area contributed by atoms with Crippen molar-refractivity contribution in [2.24, 2.45) is 5.73 Å². The first-order chi connectivity index (χ1) is 7.53. The zero-order valence-corrected chi connectivity index (χ0v) is 9.59. The molecule has 3 N–H and O–H groups in total. The maximum absolute atomic E-state index is 14.0. The van der Waals surface area contributed by atoms with Crippen molar-refractivity contribution in [3.63, 3.8) is 0 Å². The molecule has 0 radical (unpaired) electrons. The third-order valence-corrected chi connectivity index (χ3v) is 3.52. The number of hydrogen-bond acceptors (Lipinski definition) is 2. The van der Waals surface area contributed by atoms with Crippen molar-refractivity contribution in [2.75, 3.05) is 0 Å². The van der Waals surface area contributed by atoms with Crippen molar-refractivity contribution >= 4 is 0 Å². The first kappa shape index (κ1) is 11.4. The summed E-state index contributed by atoms with van der Waals surface area (Å²) in [4.78, 5) is 0. The molecule has 2 nitrogen and oxygen atoms in total. The van der Waals surface area contributed by atoms with Gasteiger partial charge in [0.2, 0.25) is 0 Å². The third kappa shape index (κ3) is 1.92. The number of phenols is 1. The molecule has 1 aromatic carbocycles. The van der Waals surface area contributed by atoms with Gasteiger partial charge in [0, 0.05) is 11.1 Å². The highest BCUT2D eigenvalue weighted by atomic mass is 19.1. The van der Waals surface area contributed by atoms with Crippen LogP contribution in [0.5, 0.6) is 5.75 Å². The Kier molecular flexibility index (Phi) is 2.89. The van der Waals surface area contributed by atoms with E-state index in [0.717, 1.165) is 25.7 Å². The molecule has 88 valence electrons. The summed E-state index contributed by atoms with van der Waals surface area (Å²) in [7, 11) is 0. The summed E-state index contributed by atoms with van der Waals surface area (Å²) in [6.45, 7) is 1.66. The predicted octanol–water partition coefficient (Wildman–Crippen LogP) is 2.96. The van der Waals surface area contributed by atoms with Gasteiger partial charge < -0.3 is 10.8 Å². The number of rotatable bonds is 1. The quantitative estimate of drug-likeness (QED) is 0.768. The van der Waals surface area contributed by atoms with Gasteiger partial charge in [-0.3, -0.25) is 0 Å². The van der Waals surface area contributed by atoms with Crippen LogP contribution in [-0.2, 0) is 5.54 Å². The Hall–Kier alpha value is -1.09. The molecular weight excluding hydrogens is 205 g/mol. The summed E-state index contributed by atoms with van der Waals surface area (Å²) < 4.78 is 14.0. The van der Waals surface area contributed by atoms with Crippen LogP contribution in [0.15, 0.2) is 12.1 Å². The standard InChI is InChI=1S/C13H18FNO/c1-9-7-10(16)8-11(12(9)14)13(15)5-3-2-4-6-13/h7-8,16H,2-6,15H2,1H3. The summed E-state index contributed by atoms with van der Waals surface area (Å²) in [6, 6.07) is 2.92. The van der Waals surface area contributed by atoms with E-state index in [2.05, 4.69) is 0 Å². The SMILES string of the molecule is Cc1cc(O)cc(C2(N)CCCCC2)c1F. The molecule has 0 aromatic heterocycles. The van der Waals surface area contributed by atoms with Crippen molar-refractivity contribution in [3.8, 4) is 5.75 Å². The smallest absolute Gasteiger partial charge is 0.131 e. The highest BCUT2D eigenvalue weighted by Gasteiger charge is 2.32. The van der Waals surface area contributed by atoms with E-state index in [-0.39, 0.29) is 11.6 Å². The normalized spacial score (nSPS) is 19.7. The lowest BCUT2D eigenvalue weighted by molar-refractivity contribution is 0.291. The van der Waals surface area contributed by atoms with Gasteiger partial charge in [0.25, 0.3) is 0 Å². The Morgan fingerprint density at radius 2 is 1.88 bits per heavy atom. The van der Waals surface area contributed by atoms with E-state index in [9.17, 15) is 9.50 Å². The Balaban J connectivity index is 2.45. The van der Waals surface area contributed by atoms with Crippen molar-refractivity contribution in [1.29, 1.82) is 0 Å². The Morgan fingerprint density at radius 1 is 1.25 bits per heavy atom. The summed E-state index contributed by atoms with van der Waals surface area (Å²) in [5, 5.41) is 9.54. The molecule has 1 fully saturated rings. The minimum absolute atomic E-state index is 0.101. The molecule has 0 unspecified atom stereocenters. The maximum Gasteiger partial charge on any atom is 0.131 e. The van der Waals surface area contributed by atoms with Crippen LogP contribution in [0.1, 0.15) is 43.2 Å². The molecule has 0 atom stereocenters. The lowest BCUT2D eigenvalue weighted by Crippen LogP contribution is -2.39. The van der Waals surface area contributed by atoms with E-state index in [0.29, 0.717) is 11.1 Å². The number of nitrogens with two attached hydrogens (primary N) is 1.